The third-order valence-electron chi connectivity index (χ3n) is 2.38. The largest absolute Gasteiger partial charge is 0.468 e. The average Bonchev–Trinajstić information content (AvgIpc) is 2.89. The van der Waals surface area contributed by atoms with Crippen molar-refractivity contribution in [2.45, 2.75) is 11.4 Å². The van der Waals surface area contributed by atoms with Gasteiger partial charge in [0.2, 0.25) is 10.0 Å². The maximum atomic E-state index is 12.0. The van der Waals surface area contributed by atoms with Gasteiger partial charge in [-0.15, -0.1) is 0 Å². The van der Waals surface area contributed by atoms with Crippen LogP contribution in [0, 0.1) is 0 Å². The number of nitrogens with zero attached hydrogens (tertiary/aromatic N) is 1. The summed E-state index contributed by atoms with van der Waals surface area (Å²) in [6.45, 7) is 0.0702. The summed E-state index contributed by atoms with van der Waals surface area (Å²) >= 11 is 5.90. The molecule has 102 valence electrons. The fourth-order valence-corrected chi connectivity index (χ4v) is 2.70. The molecule has 0 unspecified atom stereocenters. The van der Waals surface area contributed by atoms with Crippen molar-refractivity contribution in [1.29, 1.82) is 0 Å². The summed E-state index contributed by atoms with van der Waals surface area (Å²) in [5.41, 5.74) is 0. The Morgan fingerprint density at radius 2 is 2.26 bits per heavy atom. The van der Waals surface area contributed by atoms with E-state index in [4.69, 9.17) is 16.0 Å². The molecule has 0 radical (unpaired) electrons. The van der Waals surface area contributed by atoms with E-state index in [1.54, 1.807) is 19.2 Å². The van der Waals surface area contributed by atoms with Crippen molar-refractivity contribution in [2.24, 2.45) is 0 Å². The summed E-state index contributed by atoms with van der Waals surface area (Å²) in [6.07, 6.45) is 2.71. The molecule has 0 bridgehead atoms. The number of aromatic nitrogens is 1. The fourth-order valence-electron chi connectivity index (χ4n) is 1.41. The van der Waals surface area contributed by atoms with E-state index in [0.717, 1.165) is 0 Å². The van der Waals surface area contributed by atoms with Crippen LogP contribution in [0.4, 0.5) is 5.82 Å². The zero-order valence-electron chi connectivity index (χ0n) is 10.1. The topological polar surface area (TPSA) is 84.2 Å². The normalized spacial score (nSPS) is 11.5. The number of anilines is 1. The predicted octanol–water partition coefficient (Wildman–Crippen LogP) is 1.85. The van der Waals surface area contributed by atoms with Gasteiger partial charge in [0.05, 0.1) is 17.8 Å². The Labute approximate surface area is 115 Å². The SMILES string of the molecule is CNc1ncc(S(=O)(=O)NCc2ccco2)cc1Cl. The van der Waals surface area contributed by atoms with Gasteiger partial charge >= 0.3 is 0 Å². The van der Waals surface area contributed by atoms with Gasteiger partial charge in [-0.3, -0.25) is 0 Å². The zero-order valence-corrected chi connectivity index (χ0v) is 11.6. The lowest BCUT2D eigenvalue weighted by atomic mass is 10.4. The van der Waals surface area contributed by atoms with Crippen LogP contribution in [0.1, 0.15) is 5.76 Å². The van der Waals surface area contributed by atoms with Crippen molar-refractivity contribution in [1.82, 2.24) is 9.71 Å². The van der Waals surface area contributed by atoms with Gasteiger partial charge in [0.15, 0.2) is 0 Å². The number of hydrogen-bond acceptors (Lipinski definition) is 5. The van der Waals surface area contributed by atoms with Crippen LogP contribution in [0.25, 0.3) is 0 Å². The molecular weight excluding hydrogens is 290 g/mol. The van der Waals surface area contributed by atoms with E-state index >= 15 is 0 Å². The second-order valence-corrected chi connectivity index (χ2v) is 5.83. The lowest BCUT2D eigenvalue weighted by molar-refractivity contribution is 0.498. The highest BCUT2D eigenvalue weighted by molar-refractivity contribution is 7.89. The van der Waals surface area contributed by atoms with Crippen molar-refractivity contribution in [3.63, 3.8) is 0 Å². The van der Waals surface area contributed by atoms with E-state index in [1.165, 1.54) is 18.5 Å². The minimum Gasteiger partial charge on any atom is -0.468 e. The van der Waals surface area contributed by atoms with Crippen LogP contribution in [0.2, 0.25) is 5.02 Å². The average molecular weight is 302 g/mol. The van der Waals surface area contributed by atoms with Crippen LogP contribution in [0.3, 0.4) is 0 Å². The first-order chi connectivity index (χ1) is 9.03. The van der Waals surface area contributed by atoms with Gasteiger partial charge in [0.1, 0.15) is 16.5 Å². The third-order valence-corrected chi connectivity index (χ3v) is 4.04. The monoisotopic (exact) mass is 301 g/mol. The van der Waals surface area contributed by atoms with Crippen molar-refractivity contribution in [2.75, 3.05) is 12.4 Å². The molecule has 0 fully saturated rings. The summed E-state index contributed by atoms with van der Waals surface area (Å²) in [6, 6.07) is 4.70. The van der Waals surface area contributed by atoms with Gasteiger partial charge in [-0.2, -0.15) is 0 Å². The molecular formula is C11H12ClN3O3S. The van der Waals surface area contributed by atoms with Crippen LogP contribution in [-0.2, 0) is 16.6 Å². The summed E-state index contributed by atoms with van der Waals surface area (Å²) in [5, 5.41) is 2.99. The molecule has 2 heterocycles. The standard InChI is InChI=1S/C11H12ClN3O3S/c1-13-11-10(12)5-9(7-14-11)19(16,17)15-6-8-3-2-4-18-8/h2-5,7,15H,6H2,1H3,(H,13,14). The minimum absolute atomic E-state index is 0.00283. The first-order valence-electron chi connectivity index (χ1n) is 5.38. The molecule has 0 aliphatic carbocycles. The second kappa shape index (κ2) is 5.60. The van der Waals surface area contributed by atoms with Gasteiger partial charge < -0.3 is 9.73 Å². The Kier molecular flexibility index (Phi) is 4.08. The lowest BCUT2D eigenvalue weighted by Crippen LogP contribution is -2.23. The van der Waals surface area contributed by atoms with Gasteiger partial charge in [-0.05, 0) is 18.2 Å². The highest BCUT2D eigenvalue weighted by Gasteiger charge is 2.16. The molecule has 2 rings (SSSR count). The first kappa shape index (κ1) is 13.9. The number of furan rings is 1. The lowest BCUT2D eigenvalue weighted by Gasteiger charge is -2.07. The molecule has 0 spiro atoms. The second-order valence-electron chi connectivity index (χ2n) is 3.66. The van der Waals surface area contributed by atoms with Crippen LogP contribution in [-0.4, -0.2) is 20.4 Å². The molecule has 6 nitrogen and oxygen atoms in total. The van der Waals surface area contributed by atoms with E-state index in [2.05, 4.69) is 15.0 Å². The summed E-state index contributed by atoms with van der Waals surface area (Å²) in [7, 11) is -2.02. The Morgan fingerprint density at radius 3 is 2.84 bits per heavy atom. The number of rotatable bonds is 5. The van der Waals surface area contributed by atoms with E-state index in [0.29, 0.717) is 11.6 Å². The van der Waals surface area contributed by atoms with Crippen molar-refractivity contribution in [3.05, 3.63) is 41.4 Å². The molecule has 2 N–H and O–H groups in total. The predicted molar refractivity (Wildman–Crippen MR) is 71.5 cm³/mol. The highest BCUT2D eigenvalue weighted by atomic mass is 35.5. The molecule has 0 aliphatic heterocycles. The van der Waals surface area contributed by atoms with E-state index in [-0.39, 0.29) is 16.5 Å². The van der Waals surface area contributed by atoms with Crippen molar-refractivity contribution >= 4 is 27.4 Å². The third kappa shape index (κ3) is 3.25. The fraction of sp³-hybridized carbons (Fsp3) is 0.182. The van der Waals surface area contributed by atoms with E-state index in [9.17, 15) is 8.42 Å². The molecule has 2 aromatic rings. The van der Waals surface area contributed by atoms with Crippen molar-refractivity contribution < 1.29 is 12.8 Å². The highest BCUT2D eigenvalue weighted by Crippen LogP contribution is 2.21. The quantitative estimate of drug-likeness (QED) is 0.880. The molecule has 0 atom stereocenters. The molecule has 0 amide bonds. The van der Waals surface area contributed by atoms with Crippen LogP contribution in [0.5, 0.6) is 0 Å². The molecule has 0 aliphatic rings. The molecule has 0 aromatic carbocycles. The van der Waals surface area contributed by atoms with E-state index in [1.807, 2.05) is 0 Å². The molecule has 0 saturated heterocycles. The van der Waals surface area contributed by atoms with E-state index < -0.39 is 10.0 Å². The number of sulfonamides is 1. The number of halogens is 1. The van der Waals surface area contributed by atoms with Gasteiger partial charge in [0.25, 0.3) is 0 Å². The summed E-state index contributed by atoms with van der Waals surface area (Å²) < 4.78 is 31.5. The van der Waals surface area contributed by atoms with Gasteiger partial charge in [-0.25, -0.2) is 18.1 Å². The van der Waals surface area contributed by atoms with Crippen molar-refractivity contribution in [3.8, 4) is 0 Å². The number of pyridine rings is 1. The summed E-state index contributed by atoms with van der Waals surface area (Å²) in [5.74, 6) is 0.945. The maximum absolute atomic E-state index is 12.0. The maximum Gasteiger partial charge on any atom is 0.242 e. The molecule has 2 aromatic heterocycles. The minimum atomic E-state index is -3.67. The van der Waals surface area contributed by atoms with Gasteiger partial charge in [0, 0.05) is 13.2 Å². The Morgan fingerprint density at radius 1 is 1.47 bits per heavy atom. The van der Waals surface area contributed by atoms with Gasteiger partial charge in [-0.1, -0.05) is 11.6 Å². The molecule has 19 heavy (non-hydrogen) atoms. The Balaban J connectivity index is 2.17. The van der Waals surface area contributed by atoms with Crippen LogP contribution in [0.15, 0.2) is 40.0 Å². The molecule has 8 heteroatoms. The van der Waals surface area contributed by atoms with Crippen LogP contribution < -0.4 is 10.0 Å². The number of hydrogen-bond donors (Lipinski definition) is 2. The molecule has 0 saturated carbocycles. The Bertz CT molecular complexity index is 656. The Hall–Kier alpha value is -1.57. The smallest absolute Gasteiger partial charge is 0.242 e. The number of nitrogens with one attached hydrogen (secondary N) is 2. The van der Waals surface area contributed by atoms with Crippen LogP contribution >= 0.6 is 11.6 Å². The first-order valence-corrected chi connectivity index (χ1v) is 7.24. The zero-order chi connectivity index (χ0) is 13.9. The summed E-state index contributed by atoms with van der Waals surface area (Å²) in [4.78, 5) is 3.93.